The lowest BCUT2D eigenvalue weighted by Crippen LogP contribution is -2.36. The van der Waals surface area contributed by atoms with Crippen molar-refractivity contribution in [2.45, 2.75) is 51.2 Å². The monoisotopic (exact) mass is 607 g/mol. The zero-order valence-corrected chi connectivity index (χ0v) is 24.3. The van der Waals surface area contributed by atoms with Gasteiger partial charge in [0.1, 0.15) is 0 Å². The van der Waals surface area contributed by atoms with Gasteiger partial charge in [0.15, 0.2) is 0 Å². The zero-order chi connectivity index (χ0) is 30.4. The summed E-state index contributed by atoms with van der Waals surface area (Å²) in [6, 6.07) is 16.1. The molecular formula is C31H37ClF3N3O4. The van der Waals surface area contributed by atoms with Crippen molar-refractivity contribution in [3.8, 4) is 0 Å². The highest BCUT2D eigenvalue weighted by molar-refractivity contribution is 6.34. The van der Waals surface area contributed by atoms with Crippen LogP contribution >= 0.6 is 11.6 Å². The fourth-order valence-electron chi connectivity index (χ4n) is 6.30. The van der Waals surface area contributed by atoms with Crippen molar-refractivity contribution in [1.82, 2.24) is 15.1 Å². The van der Waals surface area contributed by atoms with E-state index in [1.54, 1.807) is 6.07 Å². The number of carboxylic acid groups (broad SMARTS) is 1. The summed E-state index contributed by atoms with van der Waals surface area (Å²) < 4.78 is 31.7. The number of benzene rings is 2. The lowest BCUT2D eigenvalue weighted by molar-refractivity contribution is -0.192. The number of halogens is 4. The van der Waals surface area contributed by atoms with Crippen LogP contribution in [0.5, 0.6) is 0 Å². The maximum atomic E-state index is 13.2. The molecular weight excluding hydrogens is 571 g/mol. The SMILES string of the molecule is Cc1cccc(Cl)c1C(=O)N1CC2CN(CCC(NC(=O)C3CCCC3)c3ccccc3)C[C@H]2C1.O=C(O)C(F)(F)F. The summed E-state index contributed by atoms with van der Waals surface area (Å²) in [7, 11) is 0. The average Bonchev–Trinajstić information content (AvgIpc) is 3.69. The van der Waals surface area contributed by atoms with E-state index in [1.807, 2.05) is 30.0 Å². The number of hydrogen-bond acceptors (Lipinski definition) is 4. The van der Waals surface area contributed by atoms with E-state index in [2.05, 4.69) is 34.5 Å². The van der Waals surface area contributed by atoms with Crippen molar-refractivity contribution >= 4 is 29.4 Å². The Morgan fingerprint density at radius 2 is 1.57 bits per heavy atom. The Labute approximate surface area is 249 Å². The number of fused-ring (bicyclic) bond motifs is 1. The highest BCUT2D eigenvalue weighted by atomic mass is 35.5. The van der Waals surface area contributed by atoms with Gasteiger partial charge in [-0.15, -0.1) is 0 Å². The predicted molar refractivity (Wildman–Crippen MR) is 153 cm³/mol. The Balaban J connectivity index is 0.000000517. The maximum Gasteiger partial charge on any atom is 0.490 e. The first-order valence-corrected chi connectivity index (χ1v) is 14.7. The average molecular weight is 608 g/mol. The Hall–Kier alpha value is -3.11. The molecule has 5 rings (SSSR count). The third kappa shape index (κ3) is 8.04. The number of carboxylic acids is 1. The summed E-state index contributed by atoms with van der Waals surface area (Å²) in [6.07, 6.45) is 0.196. The van der Waals surface area contributed by atoms with Gasteiger partial charge in [0.2, 0.25) is 5.91 Å². The Bertz CT molecular complexity index is 1220. The number of rotatable bonds is 7. The largest absolute Gasteiger partial charge is 0.490 e. The predicted octanol–water partition coefficient (Wildman–Crippen LogP) is 5.72. The second kappa shape index (κ2) is 13.9. The van der Waals surface area contributed by atoms with Gasteiger partial charge in [-0.05, 0) is 55.2 Å². The third-order valence-corrected chi connectivity index (χ3v) is 8.82. The van der Waals surface area contributed by atoms with Crippen molar-refractivity contribution in [2.75, 3.05) is 32.7 Å². The third-order valence-electron chi connectivity index (χ3n) is 8.51. The van der Waals surface area contributed by atoms with Crippen LogP contribution in [0.2, 0.25) is 5.02 Å². The number of alkyl halides is 3. The first kappa shape index (κ1) is 31.8. The minimum Gasteiger partial charge on any atom is -0.475 e. The number of aliphatic carboxylic acids is 1. The van der Waals surface area contributed by atoms with Gasteiger partial charge in [0.25, 0.3) is 5.91 Å². The molecule has 0 aromatic heterocycles. The fraction of sp³-hybridized carbons (Fsp3) is 0.516. The normalized spacial score (nSPS) is 21.4. The Morgan fingerprint density at radius 1 is 0.976 bits per heavy atom. The highest BCUT2D eigenvalue weighted by Crippen LogP contribution is 2.34. The minimum atomic E-state index is -5.08. The van der Waals surface area contributed by atoms with Crippen molar-refractivity contribution < 1.29 is 32.7 Å². The van der Waals surface area contributed by atoms with E-state index in [-0.39, 0.29) is 23.8 Å². The fourth-order valence-corrected chi connectivity index (χ4v) is 6.60. The van der Waals surface area contributed by atoms with Gasteiger partial charge in [0, 0.05) is 38.6 Å². The van der Waals surface area contributed by atoms with Gasteiger partial charge in [0.05, 0.1) is 16.6 Å². The number of nitrogens with one attached hydrogen (secondary N) is 1. The highest BCUT2D eigenvalue weighted by Gasteiger charge is 2.42. The number of hydrogen-bond donors (Lipinski definition) is 2. The maximum absolute atomic E-state index is 13.2. The van der Waals surface area contributed by atoms with Gasteiger partial charge in [-0.2, -0.15) is 13.2 Å². The zero-order valence-electron chi connectivity index (χ0n) is 23.6. The molecule has 0 bridgehead atoms. The van der Waals surface area contributed by atoms with E-state index in [0.717, 1.165) is 57.5 Å². The van der Waals surface area contributed by atoms with Crippen molar-refractivity contribution in [1.29, 1.82) is 0 Å². The molecule has 7 nitrogen and oxygen atoms in total. The van der Waals surface area contributed by atoms with Crippen LogP contribution in [0.4, 0.5) is 13.2 Å². The smallest absolute Gasteiger partial charge is 0.475 e. The molecule has 2 amide bonds. The van der Waals surface area contributed by atoms with Gasteiger partial charge < -0.3 is 20.2 Å². The van der Waals surface area contributed by atoms with Crippen LogP contribution in [0.15, 0.2) is 48.5 Å². The van der Waals surface area contributed by atoms with Crippen LogP contribution in [0.3, 0.4) is 0 Å². The molecule has 0 radical (unpaired) electrons. The molecule has 2 N–H and O–H groups in total. The topological polar surface area (TPSA) is 90.0 Å². The van der Waals surface area contributed by atoms with Crippen LogP contribution in [-0.4, -0.2) is 71.6 Å². The molecule has 2 aromatic carbocycles. The Kier molecular flexibility index (Phi) is 10.5. The number of carbonyl (C=O) groups excluding carboxylic acids is 2. The van der Waals surface area contributed by atoms with Gasteiger partial charge in [-0.25, -0.2) is 4.79 Å². The molecule has 0 spiro atoms. The lowest BCUT2D eigenvalue weighted by atomic mass is 10.0. The molecule has 2 unspecified atom stereocenters. The van der Waals surface area contributed by atoms with Gasteiger partial charge in [-0.3, -0.25) is 9.59 Å². The van der Waals surface area contributed by atoms with Crippen LogP contribution in [0, 0.1) is 24.7 Å². The molecule has 2 heterocycles. The number of likely N-dealkylation sites (tertiary alicyclic amines) is 2. The number of nitrogens with zero attached hydrogens (tertiary/aromatic N) is 2. The van der Waals surface area contributed by atoms with Crippen molar-refractivity contribution in [2.24, 2.45) is 17.8 Å². The second-order valence-corrected chi connectivity index (χ2v) is 11.9. The number of amides is 2. The Morgan fingerprint density at radius 3 is 2.12 bits per heavy atom. The van der Waals surface area contributed by atoms with E-state index in [4.69, 9.17) is 21.5 Å². The summed E-state index contributed by atoms with van der Waals surface area (Å²) in [5.41, 5.74) is 2.77. The summed E-state index contributed by atoms with van der Waals surface area (Å²) in [5, 5.41) is 11.0. The van der Waals surface area contributed by atoms with E-state index < -0.39 is 12.1 Å². The molecule has 3 fully saturated rings. The first-order valence-electron chi connectivity index (χ1n) is 14.4. The second-order valence-electron chi connectivity index (χ2n) is 11.5. The molecule has 2 aromatic rings. The van der Waals surface area contributed by atoms with Crippen LogP contribution < -0.4 is 5.32 Å². The molecule has 42 heavy (non-hydrogen) atoms. The van der Waals surface area contributed by atoms with Crippen LogP contribution in [0.25, 0.3) is 0 Å². The number of carbonyl (C=O) groups is 3. The van der Waals surface area contributed by atoms with Crippen LogP contribution in [-0.2, 0) is 9.59 Å². The van der Waals surface area contributed by atoms with Gasteiger partial charge in [-0.1, -0.05) is 66.9 Å². The molecule has 3 atom stereocenters. The molecule has 1 saturated carbocycles. The standard InChI is InChI=1S/C29H36ClN3O2.C2HF3O2/c1-20-8-7-13-25(30)27(20)29(35)33-18-23-16-32(17-24(23)19-33)15-14-26(21-9-3-2-4-10-21)31-28(34)22-11-5-6-12-22;3-2(4,5)1(6)7/h2-4,7-10,13,22-24,26H,5-6,11-12,14-19H2,1H3,(H,31,34);(H,6,7)/t23-,24?,26?;/m0./s1. The minimum absolute atomic E-state index is 0.0472. The number of aryl methyl sites for hydroxylation is 1. The summed E-state index contributed by atoms with van der Waals surface area (Å²) in [5.74, 6) is -1.29. The summed E-state index contributed by atoms with van der Waals surface area (Å²) in [6.45, 7) is 6.51. The molecule has 2 aliphatic heterocycles. The molecule has 3 aliphatic rings. The van der Waals surface area contributed by atoms with E-state index in [0.29, 0.717) is 22.4 Å². The van der Waals surface area contributed by atoms with Crippen molar-refractivity contribution in [3.05, 3.63) is 70.2 Å². The molecule has 1 aliphatic carbocycles. The van der Waals surface area contributed by atoms with E-state index in [1.165, 1.54) is 18.4 Å². The summed E-state index contributed by atoms with van der Waals surface area (Å²) in [4.78, 5) is 39.5. The quantitative estimate of drug-likeness (QED) is 0.420. The molecule has 2 saturated heterocycles. The molecule has 11 heteroatoms. The lowest BCUT2D eigenvalue weighted by Gasteiger charge is -2.26. The van der Waals surface area contributed by atoms with Crippen LogP contribution in [0.1, 0.15) is 59.6 Å². The molecule has 228 valence electrons. The first-order chi connectivity index (χ1) is 19.9. The summed E-state index contributed by atoms with van der Waals surface area (Å²) >= 11 is 6.36. The van der Waals surface area contributed by atoms with E-state index >= 15 is 0 Å². The van der Waals surface area contributed by atoms with Gasteiger partial charge >= 0.3 is 12.1 Å². The van der Waals surface area contributed by atoms with Crippen molar-refractivity contribution in [3.63, 3.8) is 0 Å². The van der Waals surface area contributed by atoms with E-state index in [9.17, 15) is 22.8 Å².